The number of nitrogens with one attached hydrogen (secondary N) is 2. The van der Waals surface area contributed by atoms with E-state index in [1.807, 2.05) is 18.5 Å². The minimum Gasteiger partial charge on any atom is -0.496 e. The quantitative estimate of drug-likeness (QED) is 0.421. The van der Waals surface area contributed by atoms with Gasteiger partial charge in [-0.25, -0.2) is 4.98 Å². The van der Waals surface area contributed by atoms with Crippen molar-refractivity contribution in [3.63, 3.8) is 0 Å². The van der Waals surface area contributed by atoms with E-state index in [1.165, 1.54) is 11.1 Å². The molecule has 0 saturated heterocycles. The first-order valence-electron chi connectivity index (χ1n) is 10.3. The summed E-state index contributed by atoms with van der Waals surface area (Å²) < 4.78 is 7.68. The molecule has 30 heavy (non-hydrogen) atoms. The van der Waals surface area contributed by atoms with Gasteiger partial charge < -0.3 is 19.9 Å². The lowest BCUT2D eigenvalue weighted by molar-refractivity contribution is 0.408. The zero-order valence-electron chi connectivity index (χ0n) is 18.1. The van der Waals surface area contributed by atoms with Crippen LogP contribution in [0.4, 0.5) is 0 Å². The van der Waals surface area contributed by atoms with Crippen LogP contribution >= 0.6 is 0 Å². The minimum atomic E-state index is 0.614. The van der Waals surface area contributed by atoms with Crippen molar-refractivity contribution in [2.75, 3.05) is 14.2 Å². The lowest BCUT2D eigenvalue weighted by Gasteiger charge is -2.15. The highest BCUT2D eigenvalue weighted by molar-refractivity contribution is 5.79. The Kier molecular flexibility index (Phi) is 7.89. The standard InChI is InChI=1S/C24H31N5O/c1-19-11-12-21(22(16-19)30-3)17-27-24(25-2)28-18-23-26-13-15-29(23)14-7-10-20-8-5-4-6-9-20/h4-6,8-9,11-13,15-16H,7,10,14,17-18H2,1-3H3,(H2,25,27,28). The van der Waals surface area contributed by atoms with E-state index >= 15 is 0 Å². The molecule has 0 fully saturated rings. The van der Waals surface area contributed by atoms with Crippen molar-refractivity contribution >= 4 is 5.96 Å². The number of hydrogen-bond acceptors (Lipinski definition) is 3. The number of hydrogen-bond donors (Lipinski definition) is 2. The van der Waals surface area contributed by atoms with Crippen LogP contribution < -0.4 is 15.4 Å². The number of nitrogens with zero attached hydrogens (tertiary/aromatic N) is 3. The molecule has 3 rings (SSSR count). The molecule has 0 saturated carbocycles. The normalized spacial score (nSPS) is 11.4. The van der Waals surface area contributed by atoms with Crippen molar-refractivity contribution in [1.82, 2.24) is 20.2 Å². The van der Waals surface area contributed by atoms with Gasteiger partial charge in [-0.2, -0.15) is 0 Å². The first-order chi connectivity index (χ1) is 14.7. The Bertz CT molecular complexity index is 949. The highest BCUT2D eigenvalue weighted by Gasteiger charge is 2.07. The number of rotatable bonds is 9. The van der Waals surface area contributed by atoms with Crippen molar-refractivity contribution in [1.29, 1.82) is 0 Å². The van der Waals surface area contributed by atoms with Gasteiger partial charge in [0, 0.05) is 38.1 Å². The Morgan fingerprint density at radius 3 is 2.67 bits per heavy atom. The van der Waals surface area contributed by atoms with E-state index in [0.717, 1.165) is 42.5 Å². The van der Waals surface area contributed by atoms with Gasteiger partial charge in [0.2, 0.25) is 0 Å². The Labute approximate surface area is 179 Å². The summed E-state index contributed by atoms with van der Waals surface area (Å²) in [5.74, 6) is 2.61. The van der Waals surface area contributed by atoms with Crippen LogP contribution in [0.5, 0.6) is 5.75 Å². The Morgan fingerprint density at radius 2 is 1.90 bits per heavy atom. The molecule has 6 heteroatoms. The van der Waals surface area contributed by atoms with Crippen LogP contribution in [0.25, 0.3) is 0 Å². The number of aryl methyl sites for hydroxylation is 3. The van der Waals surface area contributed by atoms with Crippen molar-refractivity contribution < 1.29 is 4.74 Å². The summed E-state index contributed by atoms with van der Waals surface area (Å²) in [5, 5.41) is 6.70. The molecule has 2 N–H and O–H groups in total. The molecule has 1 heterocycles. The molecule has 0 aliphatic rings. The number of ether oxygens (including phenoxy) is 1. The fraction of sp³-hybridized carbons (Fsp3) is 0.333. The predicted molar refractivity (Wildman–Crippen MR) is 122 cm³/mol. The number of aliphatic imine (C=N–C) groups is 1. The number of benzene rings is 2. The molecule has 6 nitrogen and oxygen atoms in total. The van der Waals surface area contributed by atoms with Crippen LogP contribution in [0.15, 0.2) is 65.9 Å². The van der Waals surface area contributed by atoms with Crippen molar-refractivity contribution in [2.45, 2.75) is 39.4 Å². The van der Waals surface area contributed by atoms with Crippen LogP contribution in [0.3, 0.4) is 0 Å². The fourth-order valence-corrected chi connectivity index (χ4v) is 3.37. The van der Waals surface area contributed by atoms with Crippen molar-refractivity contribution in [3.05, 3.63) is 83.4 Å². The van der Waals surface area contributed by atoms with Crippen molar-refractivity contribution in [2.24, 2.45) is 4.99 Å². The molecule has 1 aromatic heterocycles. The van der Waals surface area contributed by atoms with Crippen molar-refractivity contribution in [3.8, 4) is 5.75 Å². The molecule has 158 valence electrons. The van der Waals surface area contributed by atoms with Gasteiger partial charge in [0.15, 0.2) is 5.96 Å². The molecule has 0 amide bonds. The average molecular weight is 406 g/mol. The molecule has 0 aliphatic carbocycles. The average Bonchev–Trinajstić information content (AvgIpc) is 3.22. The third-order valence-electron chi connectivity index (χ3n) is 5.04. The number of guanidine groups is 1. The second kappa shape index (κ2) is 11.0. The molecule has 0 aliphatic heterocycles. The SMILES string of the molecule is CN=C(NCc1ccc(C)cc1OC)NCc1nccn1CCCc1ccccc1. The second-order valence-electron chi connectivity index (χ2n) is 7.22. The van der Waals surface area contributed by atoms with E-state index in [4.69, 9.17) is 4.74 Å². The number of methoxy groups -OCH3 is 1. The van der Waals surface area contributed by atoms with Gasteiger partial charge in [-0.05, 0) is 37.0 Å². The van der Waals surface area contributed by atoms with Gasteiger partial charge in [-0.1, -0.05) is 42.5 Å². The third-order valence-corrected chi connectivity index (χ3v) is 5.04. The highest BCUT2D eigenvalue weighted by atomic mass is 16.5. The Hall–Kier alpha value is -3.28. The van der Waals surface area contributed by atoms with Gasteiger partial charge in [-0.15, -0.1) is 0 Å². The second-order valence-corrected chi connectivity index (χ2v) is 7.22. The summed E-state index contributed by atoms with van der Waals surface area (Å²) in [7, 11) is 3.47. The van der Waals surface area contributed by atoms with E-state index in [2.05, 4.69) is 74.6 Å². The van der Waals surface area contributed by atoms with Crippen LogP contribution in [0, 0.1) is 6.92 Å². The monoisotopic (exact) mass is 405 g/mol. The summed E-state index contributed by atoms with van der Waals surface area (Å²) in [6, 6.07) is 16.8. The molecule has 0 unspecified atom stereocenters. The van der Waals surface area contributed by atoms with E-state index < -0.39 is 0 Å². The summed E-state index contributed by atoms with van der Waals surface area (Å²) in [5.41, 5.74) is 3.64. The lowest BCUT2D eigenvalue weighted by Crippen LogP contribution is -2.37. The van der Waals surface area contributed by atoms with Crippen LogP contribution in [0.2, 0.25) is 0 Å². The fourth-order valence-electron chi connectivity index (χ4n) is 3.37. The first kappa shape index (κ1) is 21.4. The number of imidazole rings is 1. The zero-order chi connectivity index (χ0) is 21.2. The minimum absolute atomic E-state index is 0.614. The Morgan fingerprint density at radius 1 is 1.10 bits per heavy atom. The largest absolute Gasteiger partial charge is 0.496 e. The van der Waals surface area contributed by atoms with Gasteiger partial charge in [0.1, 0.15) is 11.6 Å². The number of aromatic nitrogens is 2. The molecule has 3 aromatic rings. The summed E-state index contributed by atoms with van der Waals surface area (Å²) >= 11 is 0. The first-order valence-corrected chi connectivity index (χ1v) is 10.3. The van der Waals surface area contributed by atoms with Crippen LogP contribution in [-0.2, 0) is 26.1 Å². The van der Waals surface area contributed by atoms with E-state index in [1.54, 1.807) is 14.2 Å². The van der Waals surface area contributed by atoms with Crippen LogP contribution in [0.1, 0.15) is 28.9 Å². The summed E-state index contributed by atoms with van der Waals surface area (Å²) in [6.07, 6.45) is 6.03. The molecule has 0 spiro atoms. The van der Waals surface area contributed by atoms with E-state index in [0.29, 0.717) is 13.1 Å². The van der Waals surface area contributed by atoms with Gasteiger partial charge in [0.25, 0.3) is 0 Å². The Balaban J connectivity index is 1.49. The zero-order valence-corrected chi connectivity index (χ0v) is 18.1. The summed E-state index contributed by atoms with van der Waals surface area (Å²) in [4.78, 5) is 8.82. The van der Waals surface area contributed by atoms with Gasteiger partial charge in [0.05, 0.1) is 13.7 Å². The smallest absolute Gasteiger partial charge is 0.191 e. The topological polar surface area (TPSA) is 63.5 Å². The highest BCUT2D eigenvalue weighted by Crippen LogP contribution is 2.19. The molecule has 0 atom stereocenters. The van der Waals surface area contributed by atoms with Crippen LogP contribution in [-0.4, -0.2) is 29.7 Å². The molecule has 0 radical (unpaired) electrons. The van der Waals surface area contributed by atoms with Gasteiger partial charge >= 0.3 is 0 Å². The molecule has 2 aromatic carbocycles. The summed E-state index contributed by atoms with van der Waals surface area (Å²) in [6.45, 7) is 4.25. The maximum Gasteiger partial charge on any atom is 0.191 e. The van der Waals surface area contributed by atoms with E-state index in [-0.39, 0.29) is 0 Å². The van der Waals surface area contributed by atoms with Gasteiger partial charge in [-0.3, -0.25) is 4.99 Å². The van der Waals surface area contributed by atoms with E-state index in [9.17, 15) is 0 Å². The third kappa shape index (κ3) is 6.11. The molecular weight excluding hydrogens is 374 g/mol. The maximum absolute atomic E-state index is 5.48. The molecular formula is C24H31N5O. The lowest BCUT2D eigenvalue weighted by atomic mass is 10.1. The maximum atomic E-state index is 5.48. The molecule has 0 bridgehead atoms. The predicted octanol–water partition coefficient (Wildman–Crippen LogP) is 3.70.